The number of nitrogens with zero attached hydrogens (tertiary/aromatic N) is 4. The number of hydrogen-bond acceptors (Lipinski definition) is 5. The molecule has 1 aliphatic heterocycles. The van der Waals surface area contributed by atoms with Crippen LogP contribution in [0.3, 0.4) is 0 Å². The Morgan fingerprint density at radius 2 is 1.76 bits per heavy atom. The van der Waals surface area contributed by atoms with Crippen molar-refractivity contribution in [1.29, 1.82) is 0 Å². The maximum absolute atomic E-state index is 13.2. The molecule has 1 amide bonds. The van der Waals surface area contributed by atoms with Gasteiger partial charge >= 0.3 is 0 Å². The zero-order valence-electron chi connectivity index (χ0n) is 15.7. The summed E-state index contributed by atoms with van der Waals surface area (Å²) in [7, 11) is 0. The monoisotopic (exact) mass is 388 g/mol. The standard InChI is InChI=1S/C22H20N4O3/c27-20(16-7-2-1-3-8-16)18-19(17-9-4-5-10-24-17)26(22(29)21(18)28)13-6-12-25-14-11-23-15-25/h1-5,7-11,14-15,18-19H,6,12-13H2. The molecule has 1 aliphatic rings. The minimum atomic E-state index is -1.09. The summed E-state index contributed by atoms with van der Waals surface area (Å²) in [5.74, 6) is -2.73. The van der Waals surface area contributed by atoms with Crippen LogP contribution in [0.5, 0.6) is 0 Å². The SMILES string of the molecule is O=C1C(=O)N(CCCn2ccnc2)C(c2ccccn2)C1C(=O)c1ccccc1. The van der Waals surface area contributed by atoms with Crippen LogP contribution in [0.25, 0.3) is 0 Å². The lowest BCUT2D eigenvalue weighted by molar-refractivity contribution is -0.140. The van der Waals surface area contributed by atoms with E-state index in [1.54, 1.807) is 67.3 Å². The summed E-state index contributed by atoms with van der Waals surface area (Å²) in [6.45, 7) is 1.01. The first kappa shape index (κ1) is 18.7. The Balaban J connectivity index is 1.64. The number of carbonyl (C=O) groups excluding carboxylic acids is 3. The molecule has 29 heavy (non-hydrogen) atoms. The molecule has 0 bridgehead atoms. The zero-order valence-corrected chi connectivity index (χ0v) is 15.7. The van der Waals surface area contributed by atoms with Crippen LogP contribution in [0.2, 0.25) is 0 Å². The lowest BCUT2D eigenvalue weighted by Gasteiger charge is -2.26. The van der Waals surface area contributed by atoms with Gasteiger partial charge in [-0.2, -0.15) is 0 Å². The minimum Gasteiger partial charge on any atom is -0.337 e. The predicted octanol–water partition coefficient (Wildman–Crippen LogP) is 2.32. The Hall–Kier alpha value is -3.61. The van der Waals surface area contributed by atoms with Crippen LogP contribution < -0.4 is 0 Å². The smallest absolute Gasteiger partial charge is 0.291 e. The fourth-order valence-electron chi connectivity index (χ4n) is 3.73. The minimum absolute atomic E-state index is 0.350. The van der Waals surface area contributed by atoms with E-state index in [1.807, 2.05) is 10.8 Å². The van der Waals surface area contributed by atoms with Crippen LogP contribution in [-0.4, -0.2) is 43.5 Å². The Kier molecular flexibility index (Phi) is 5.29. The second-order valence-electron chi connectivity index (χ2n) is 6.92. The van der Waals surface area contributed by atoms with Gasteiger partial charge < -0.3 is 9.47 Å². The van der Waals surface area contributed by atoms with E-state index in [-0.39, 0.29) is 5.78 Å². The molecule has 3 heterocycles. The van der Waals surface area contributed by atoms with Gasteiger partial charge in [0.2, 0.25) is 5.78 Å². The summed E-state index contributed by atoms with van der Waals surface area (Å²) in [6, 6.07) is 13.2. The predicted molar refractivity (Wildman–Crippen MR) is 105 cm³/mol. The topological polar surface area (TPSA) is 85.2 Å². The van der Waals surface area contributed by atoms with Crippen molar-refractivity contribution in [2.24, 2.45) is 5.92 Å². The number of carbonyl (C=O) groups is 3. The third kappa shape index (κ3) is 3.71. The maximum Gasteiger partial charge on any atom is 0.291 e. The molecule has 2 atom stereocenters. The molecule has 2 unspecified atom stereocenters. The fourth-order valence-corrected chi connectivity index (χ4v) is 3.73. The van der Waals surface area contributed by atoms with E-state index < -0.39 is 23.7 Å². The lowest BCUT2D eigenvalue weighted by Crippen LogP contribution is -2.32. The van der Waals surface area contributed by atoms with E-state index >= 15 is 0 Å². The van der Waals surface area contributed by atoms with Gasteiger partial charge in [-0.1, -0.05) is 36.4 Å². The normalized spacial score (nSPS) is 19.0. The van der Waals surface area contributed by atoms with Gasteiger partial charge in [-0.3, -0.25) is 19.4 Å². The summed E-state index contributed by atoms with van der Waals surface area (Å²) >= 11 is 0. The average molecular weight is 388 g/mol. The Morgan fingerprint density at radius 1 is 0.966 bits per heavy atom. The Morgan fingerprint density at radius 3 is 2.45 bits per heavy atom. The second-order valence-corrected chi connectivity index (χ2v) is 6.92. The van der Waals surface area contributed by atoms with E-state index in [0.717, 1.165) is 0 Å². The number of pyridine rings is 1. The molecule has 0 saturated carbocycles. The number of imidazole rings is 1. The summed E-state index contributed by atoms with van der Waals surface area (Å²) in [5.41, 5.74) is 0.962. The number of likely N-dealkylation sites (tertiary alicyclic amines) is 1. The van der Waals surface area contributed by atoms with Gasteiger partial charge in [0.15, 0.2) is 5.78 Å². The van der Waals surface area contributed by atoms with Crippen LogP contribution in [0.1, 0.15) is 28.5 Å². The molecule has 4 rings (SSSR count). The second kappa shape index (κ2) is 8.18. The molecule has 146 valence electrons. The van der Waals surface area contributed by atoms with Crippen molar-refractivity contribution in [2.75, 3.05) is 6.54 Å². The number of aryl methyl sites for hydroxylation is 1. The number of rotatable bonds is 7. The highest BCUT2D eigenvalue weighted by Crippen LogP contribution is 2.37. The molecule has 0 radical (unpaired) electrons. The molecular weight excluding hydrogens is 368 g/mol. The molecular formula is C22H20N4O3. The van der Waals surface area contributed by atoms with Crippen molar-refractivity contribution in [3.8, 4) is 0 Å². The zero-order chi connectivity index (χ0) is 20.2. The lowest BCUT2D eigenvalue weighted by atomic mass is 9.88. The molecule has 1 fully saturated rings. The van der Waals surface area contributed by atoms with Crippen LogP contribution in [0.4, 0.5) is 0 Å². The van der Waals surface area contributed by atoms with E-state index in [1.165, 1.54) is 4.90 Å². The van der Waals surface area contributed by atoms with Gasteiger partial charge in [0.1, 0.15) is 5.92 Å². The van der Waals surface area contributed by atoms with Gasteiger partial charge in [0.25, 0.3) is 5.91 Å². The quantitative estimate of drug-likeness (QED) is 0.352. The van der Waals surface area contributed by atoms with Gasteiger partial charge in [-0.25, -0.2) is 4.98 Å². The van der Waals surface area contributed by atoms with E-state index in [0.29, 0.717) is 30.8 Å². The van der Waals surface area contributed by atoms with Crippen molar-refractivity contribution in [3.63, 3.8) is 0 Å². The number of aromatic nitrogens is 3. The van der Waals surface area contributed by atoms with Crippen molar-refractivity contribution < 1.29 is 14.4 Å². The molecule has 2 aromatic heterocycles. The molecule has 7 nitrogen and oxygen atoms in total. The fraction of sp³-hybridized carbons (Fsp3) is 0.227. The number of ketones is 2. The summed E-state index contributed by atoms with van der Waals surface area (Å²) in [4.78, 5) is 48.7. The van der Waals surface area contributed by atoms with Gasteiger partial charge in [0.05, 0.1) is 18.1 Å². The first-order chi connectivity index (χ1) is 14.2. The number of Topliss-reactive ketones (excluding diaryl/α,β-unsaturated/α-hetero) is 2. The Bertz CT molecular complexity index is 1000. The highest BCUT2D eigenvalue weighted by Gasteiger charge is 2.51. The van der Waals surface area contributed by atoms with E-state index in [4.69, 9.17) is 0 Å². The number of hydrogen-bond donors (Lipinski definition) is 0. The first-order valence-electron chi connectivity index (χ1n) is 9.47. The number of amides is 1. The van der Waals surface area contributed by atoms with Crippen LogP contribution in [0.15, 0.2) is 73.4 Å². The van der Waals surface area contributed by atoms with Crippen molar-refractivity contribution in [3.05, 3.63) is 84.7 Å². The molecule has 7 heteroatoms. The van der Waals surface area contributed by atoms with Gasteiger partial charge in [-0.05, 0) is 18.6 Å². The summed E-state index contributed by atoms with van der Waals surface area (Å²) in [6.07, 6.45) is 7.47. The summed E-state index contributed by atoms with van der Waals surface area (Å²) < 4.78 is 1.91. The molecule has 0 spiro atoms. The van der Waals surface area contributed by atoms with Gasteiger partial charge in [0, 0.05) is 37.2 Å². The highest BCUT2D eigenvalue weighted by atomic mass is 16.2. The van der Waals surface area contributed by atoms with Gasteiger partial charge in [-0.15, -0.1) is 0 Å². The Labute approximate surface area is 168 Å². The first-order valence-corrected chi connectivity index (χ1v) is 9.47. The third-order valence-electron chi connectivity index (χ3n) is 5.11. The van der Waals surface area contributed by atoms with Crippen molar-refractivity contribution >= 4 is 17.5 Å². The highest BCUT2D eigenvalue weighted by molar-refractivity contribution is 6.44. The van der Waals surface area contributed by atoms with E-state index in [9.17, 15) is 14.4 Å². The van der Waals surface area contributed by atoms with Crippen LogP contribution in [0, 0.1) is 5.92 Å². The maximum atomic E-state index is 13.2. The summed E-state index contributed by atoms with van der Waals surface area (Å²) in [5, 5.41) is 0. The molecule has 0 N–H and O–H groups in total. The average Bonchev–Trinajstić information content (AvgIpc) is 3.37. The molecule has 3 aromatic rings. The molecule has 1 aromatic carbocycles. The van der Waals surface area contributed by atoms with Crippen molar-refractivity contribution in [1.82, 2.24) is 19.4 Å². The van der Waals surface area contributed by atoms with Crippen molar-refractivity contribution in [2.45, 2.75) is 19.0 Å². The third-order valence-corrected chi connectivity index (χ3v) is 5.11. The van der Waals surface area contributed by atoms with E-state index in [2.05, 4.69) is 9.97 Å². The molecule has 1 saturated heterocycles. The number of benzene rings is 1. The largest absolute Gasteiger partial charge is 0.337 e. The van der Waals surface area contributed by atoms with Crippen LogP contribution in [-0.2, 0) is 16.1 Å². The van der Waals surface area contributed by atoms with Crippen LogP contribution >= 0.6 is 0 Å². The molecule has 0 aliphatic carbocycles.